The van der Waals surface area contributed by atoms with Gasteiger partial charge in [-0.3, -0.25) is 9.59 Å². The van der Waals surface area contributed by atoms with E-state index >= 15 is 0 Å². The van der Waals surface area contributed by atoms with Gasteiger partial charge in [0, 0.05) is 25.1 Å². The zero-order valence-electron chi connectivity index (χ0n) is 17.0. The molecule has 0 radical (unpaired) electrons. The number of carbonyl (C=O) groups is 2. The molecule has 0 aliphatic carbocycles. The Hall–Kier alpha value is -3.15. The summed E-state index contributed by atoms with van der Waals surface area (Å²) < 4.78 is 7.81. The Labute approximate surface area is 170 Å². The molecule has 6 nitrogen and oxygen atoms in total. The van der Waals surface area contributed by atoms with E-state index in [0.29, 0.717) is 37.3 Å². The summed E-state index contributed by atoms with van der Waals surface area (Å²) >= 11 is 0. The number of aromatic nitrogens is 2. The fourth-order valence-corrected chi connectivity index (χ4v) is 3.24. The van der Waals surface area contributed by atoms with Crippen LogP contribution in [-0.2, 0) is 11.3 Å². The molecule has 0 spiro atoms. The van der Waals surface area contributed by atoms with Crippen molar-refractivity contribution in [1.29, 1.82) is 0 Å². The molecule has 1 aromatic heterocycles. The number of para-hydroxylation sites is 2. The van der Waals surface area contributed by atoms with Crippen molar-refractivity contribution in [3.63, 3.8) is 0 Å². The van der Waals surface area contributed by atoms with E-state index in [9.17, 15) is 9.59 Å². The first kappa shape index (κ1) is 20.6. The Morgan fingerprint density at radius 3 is 2.59 bits per heavy atom. The number of benzene rings is 2. The first-order valence-electron chi connectivity index (χ1n) is 9.97. The maximum absolute atomic E-state index is 12.0. The van der Waals surface area contributed by atoms with Gasteiger partial charge < -0.3 is 14.6 Å². The molecule has 1 amide bonds. The van der Waals surface area contributed by atoms with E-state index in [1.54, 1.807) is 24.3 Å². The standard InChI is InChI=1S/C23H27N3O3/c1-17(27)19-10-12-20(13-11-19)29-16-5-9-23(28)24-14-6-15-26-18(2)25-21-7-3-4-8-22(21)26/h3-4,7-8,10-13H,5-6,9,14-16H2,1-2H3,(H,24,28). The second-order valence-corrected chi connectivity index (χ2v) is 7.04. The number of nitrogens with zero attached hydrogens (tertiary/aromatic N) is 2. The number of Topliss-reactive ketones (excluding diaryl/α,β-unsaturated/α-hetero) is 1. The van der Waals surface area contributed by atoms with Crippen molar-refractivity contribution in [2.45, 2.75) is 39.7 Å². The highest BCUT2D eigenvalue weighted by molar-refractivity contribution is 5.94. The first-order chi connectivity index (χ1) is 14.0. The summed E-state index contributed by atoms with van der Waals surface area (Å²) in [5, 5.41) is 2.97. The molecule has 0 aliphatic heterocycles. The first-order valence-corrected chi connectivity index (χ1v) is 9.97. The van der Waals surface area contributed by atoms with Crippen LogP contribution in [-0.4, -0.2) is 34.4 Å². The Kier molecular flexibility index (Phi) is 7.00. The average molecular weight is 393 g/mol. The molecule has 1 N–H and O–H groups in total. The molecule has 6 heteroatoms. The molecule has 0 fully saturated rings. The summed E-state index contributed by atoms with van der Waals surface area (Å²) in [6.45, 7) is 5.47. The molecule has 0 saturated carbocycles. The lowest BCUT2D eigenvalue weighted by molar-refractivity contribution is -0.121. The third-order valence-electron chi connectivity index (χ3n) is 4.80. The largest absolute Gasteiger partial charge is 0.494 e. The lowest BCUT2D eigenvalue weighted by Crippen LogP contribution is -2.25. The summed E-state index contributed by atoms with van der Waals surface area (Å²) in [6.07, 6.45) is 1.93. The van der Waals surface area contributed by atoms with E-state index < -0.39 is 0 Å². The SMILES string of the molecule is CC(=O)c1ccc(OCCCC(=O)NCCCn2c(C)nc3ccccc32)cc1. The normalized spacial score (nSPS) is 10.8. The van der Waals surface area contributed by atoms with Crippen LogP contribution in [0.4, 0.5) is 0 Å². The number of nitrogens with one attached hydrogen (secondary N) is 1. The number of carbonyl (C=O) groups excluding carboxylic acids is 2. The predicted molar refractivity (Wildman–Crippen MR) is 113 cm³/mol. The Balaban J connectivity index is 1.32. The van der Waals surface area contributed by atoms with Crippen molar-refractivity contribution in [1.82, 2.24) is 14.9 Å². The number of hydrogen-bond donors (Lipinski definition) is 1. The zero-order valence-corrected chi connectivity index (χ0v) is 17.0. The molecule has 3 rings (SSSR count). The van der Waals surface area contributed by atoms with Crippen molar-refractivity contribution in [2.75, 3.05) is 13.2 Å². The number of hydrogen-bond acceptors (Lipinski definition) is 4. The van der Waals surface area contributed by atoms with Gasteiger partial charge in [0.2, 0.25) is 5.91 Å². The fourth-order valence-electron chi connectivity index (χ4n) is 3.24. The van der Waals surface area contributed by atoms with Crippen molar-refractivity contribution in [3.05, 3.63) is 59.9 Å². The molecular formula is C23H27N3O3. The Morgan fingerprint density at radius 2 is 1.83 bits per heavy atom. The molecule has 0 bridgehead atoms. The van der Waals surface area contributed by atoms with E-state index in [2.05, 4.69) is 20.9 Å². The minimum absolute atomic E-state index is 0.0320. The van der Waals surface area contributed by atoms with Gasteiger partial charge in [0.05, 0.1) is 17.6 Å². The summed E-state index contributed by atoms with van der Waals surface area (Å²) in [4.78, 5) is 27.8. The molecule has 0 unspecified atom stereocenters. The van der Waals surface area contributed by atoms with Crippen LogP contribution in [0.2, 0.25) is 0 Å². The summed E-state index contributed by atoms with van der Waals surface area (Å²) in [5.74, 6) is 1.77. The molecule has 152 valence electrons. The Morgan fingerprint density at radius 1 is 1.07 bits per heavy atom. The molecule has 29 heavy (non-hydrogen) atoms. The molecule has 0 saturated heterocycles. The van der Waals surface area contributed by atoms with E-state index in [-0.39, 0.29) is 11.7 Å². The van der Waals surface area contributed by atoms with E-state index in [4.69, 9.17) is 4.74 Å². The van der Waals surface area contributed by atoms with Crippen molar-refractivity contribution >= 4 is 22.7 Å². The van der Waals surface area contributed by atoms with Gasteiger partial charge in [0.15, 0.2) is 5.78 Å². The van der Waals surface area contributed by atoms with Crippen molar-refractivity contribution in [3.8, 4) is 5.75 Å². The second kappa shape index (κ2) is 9.87. The van der Waals surface area contributed by atoms with Crippen LogP contribution < -0.4 is 10.1 Å². The monoisotopic (exact) mass is 393 g/mol. The van der Waals surface area contributed by atoms with Crippen LogP contribution in [0.1, 0.15) is 42.4 Å². The number of fused-ring (bicyclic) bond motifs is 1. The highest BCUT2D eigenvalue weighted by Gasteiger charge is 2.07. The topological polar surface area (TPSA) is 73.2 Å². The van der Waals surface area contributed by atoms with Gasteiger partial charge in [-0.05, 0) is 63.1 Å². The van der Waals surface area contributed by atoms with Gasteiger partial charge in [0.1, 0.15) is 11.6 Å². The fraction of sp³-hybridized carbons (Fsp3) is 0.348. The Bertz CT molecular complexity index is 977. The van der Waals surface area contributed by atoms with Crippen LogP contribution in [0.25, 0.3) is 11.0 Å². The maximum Gasteiger partial charge on any atom is 0.220 e. The molecule has 0 atom stereocenters. The summed E-state index contributed by atoms with van der Waals surface area (Å²) in [7, 11) is 0. The van der Waals surface area contributed by atoms with Crippen LogP contribution in [0.15, 0.2) is 48.5 Å². The second-order valence-electron chi connectivity index (χ2n) is 7.04. The maximum atomic E-state index is 12.0. The number of aryl methyl sites for hydroxylation is 2. The molecule has 2 aromatic carbocycles. The third-order valence-corrected chi connectivity index (χ3v) is 4.80. The number of rotatable bonds is 10. The van der Waals surface area contributed by atoms with Crippen molar-refractivity contribution < 1.29 is 14.3 Å². The zero-order chi connectivity index (χ0) is 20.6. The molecule has 3 aromatic rings. The highest BCUT2D eigenvalue weighted by atomic mass is 16.5. The van der Waals surface area contributed by atoms with E-state index in [1.807, 2.05) is 25.1 Å². The lowest BCUT2D eigenvalue weighted by atomic mass is 10.1. The molecule has 0 aliphatic rings. The quantitative estimate of drug-likeness (QED) is 0.419. The third kappa shape index (κ3) is 5.67. The van der Waals surface area contributed by atoms with Crippen molar-refractivity contribution in [2.24, 2.45) is 0 Å². The average Bonchev–Trinajstić information content (AvgIpc) is 3.04. The smallest absolute Gasteiger partial charge is 0.220 e. The predicted octanol–water partition coefficient (Wildman–Crippen LogP) is 3.91. The number of ketones is 1. The van der Waals surface area contributed by atoms with Gasteiger partial charge in [-0.25, -0.2) is 4.98 Å². The number of imidazole rings is 1. The van der Waals surface area contributed by atoms with Gasteiger partial charge in [-0.15, -0.1) is 0 Å². The highest BCUT2D eigenvalue weighted by Crippen LogP contribution is 2.16. The number of ether oxygens (including phenoxy) is 1. The molecular weight excluding hydrogens is 366 g/mol. The van der Waals surface area contributed by atoms with Crippen LogP contribution in [0, 0.1) is 6.92 Å². The number of amides is 1. The minimum Gasteiger partial charge on any atom is -0.494 e. The molecule has 1 heterocycles. The van der Waals surface area contributed by atoms with Gasteiger partial charge in [0.25, 0.3) is 0 Å². The minimum atomic E-state index is 0.0320. The summed E-state index contributed by atoms with van der Waals surface area (Å²) in [5.41, 5.74) is 2.80. The van der Waals surface area contributed by atoms with Gasteiger partial charge in [-0.2, -0.15) is 0 Å². The summed E-state index contributed by atoms with van der Waals surface area (Å²) in [6, 6.07) is 15.1. The van der Waals surface area contributed by atoms with E-state index in [1.165, 1.54) is 6.92 Å². The van der Waals surface area contributed by atoms with Gasteiger partial charge in [-0.1, -0.05) is 12.1 Å². The lowest BCUT2D eigenvalue weighted by Gasteiger charge is -2.09. The van der Waals surface area contributed by atoms with Crippen LogP contribution >= 0.6 is 0 Å². The van der Waals surface area contributed by atoms with Crippen LogP contribution in [0.3, 0.4) is 0 Å². The van der Waals surface area contributed by atoms with Gasteiger partial charge >= 0.3 is 0 Å². The van der Waals surface area contributed by atoms with E-state index in [0.717, 1.165) is 29.8 Å². The van der Waals surface area contributed by atoms with Crippen LogP contribution in [0.5, 0.6) is 5.75 Å².